The predicted molar refractivity (Wildman–Crippen MR) is 99.6 cm³/mol. The van der Waals surface area contributed by atoms with E-state index in [9.17, 15) is 5.11 Å². The molecule has 2 saturated heterocycles. The van der Waals surface area contributed by atoms with Crippen LogP contribution in [0.4, 0.5) is 0 Å². The molecule has 2 aliphatic heterocycles. The van der Waals surface area contributed by atoms with Crippen molar-refractivity contribution < 1.29 is 9.84 Å². The lowest BCUT2D eigenvalue weighted by atomic mass is 9.81. The van der Waals surface area contributed by atoms with E-state index in [0.29, 0.717) is 6.42 Å². The molecule has 25 heavy (non-hydrogen) atoms. The first kappa shape index (κ1) is 17.2. The van der Waals surface area contributed by atoms with E-state index in [1.54, 1.807) is 11.3 Å². The summed E-state index contributed by atoms with van der Waals surface area (Å²) >= 11 is 1.74. The van der Waals surface area contributed by atoms with Gasteiger partial charge in [-0.15, -0.1) is 11.3 Å². The number of thiazole rings is 1. The zero-order valence-electron chi connectivity index (χ0n) is 14.7. The zero-order chi connectivity index (χ0) is 17.3. The Hall–Kier alpha value is -1.27. The second kappa shape index (κ2) is 7.16. The molecule has 0 saturated carbocycles. The molecule has 4 rings (SSSR count). The summed E-state index contributed by atoms with van der Waals surface area (Å²) in [5, 5.41) is 10.5. The summed E-state index contributed by atoms with van der Waals surface area (Å²) in [5.41, 5.74) is 4.10. The van der Waals surface area contributed by atoms with Crippen LogP contribution in [0, 0.1) is 6.92 Å². The number of aliphatic hydroxyl groups is 1. The summed E-state index contributed by atoms with van der Waals surface area (Å²) in [5.74, 6) is 0. The van der Waals surface area contributed by atoms with Gasteiger partial charge in [-0.25, -0.2) is 4.98 Å². The molecule has 0 amide bonds. The van der Waals surface area contributed by atoms with Crippen molar-refractivity contribution in [3.63, 3.8) is 0 Å². The van der Waals surface area contributed by atoms with Crippen molar-refractivity contribution in [1.82, 2.24) is 9.88 Å². The molecule has 0 aliphatic carbocycles. The predicted octanol–water partition coefficient (Wildman–Crippen LogP) is 3.70. The standard InChI is InChI=1S/C20H26N2O2S/c1-15-19(25-14-21-15)13-22-9-7-20(8-10-22)12-17(23)11-18(24-20)16-5-3-2-4-6-16/h2-6,14,17-18,23H,7-13H2,1H3/t17-,18-/m1/s1. The van der Waals surface area contributed by atoms with Crippen LogP contribution in [-0.2, 0) is 11.3 Å². The van der Waals surface area contributed by atoms with Gasteiger partial charge in [0.2, 0.25) is 0 Å². The summed E-state index contributed by atoms with van der Waals surface area (Å²) in [6.45, 7) is 5.11. The largest absolute Gasteiger partial charge is 0.393 e. The minimum atomic E-state index is -0.269. The third-order valence-corrected chi connectivity index (χ3v) is 6.56. The number of ether oxygens (including phenoxy) is 1. The van der Waals surface area contributed by atoms with Gasteiger partial charge in [0.25, 0.3) is 0 Å². The minimum absolute atomic E-state index is 0.0141. The Bertz CT molecular complexity index is 695. The van der Waals surface area contributed by atoms with Crippen molar-refractivity contribution in [2.24, 2.45) is 0 Å². The Balaban J connectivity index is 1.41. The van der Waals surface area contributed by atoms with Gasteiger partial charge in [-0.2, -0.15) is 0 Å². The number of benzene rings is 1. The van der Waals surface area contributed by atoms with Crippen molar-refractivity contribution in [2.75, 3.05) is 13.1 Å². The van der Waals surface area contributed by atoms with E-state index in [1.807, 2.05) is 23.7 Å². The summed E-state index contributed by atoms with van der Waals surface area (Å²) < 4.78 is 6.58. The SMILES string of the molecule is Cc1ncsc1CN1CCC2(CC1)C[C@H](O)C[C@H](c1ccccc1)O2. The Kier molecular flexibility index (Phi) is 4.91. The maximum Gasteiger partial charge on any atom is 0.0857 e. The molecule has 2 fully saturated rings. The molecule has 2 atom stereocenters. The number of hydrogen-bond acceptors (Lipinski definition) is 5. The molecule has 0 unspecified atom stereocenters. The van der Waals surface area contributed by atoms with Gasteiger partial charge in [-0.3, -0.25) is 4.90 Å². The Morgan fingerprint density at radius 1 is 1.28 bits per heavy atom. The average Bonchev–Trinajstić information content (AvgIpc) is 3.02. The zero-order valence-corrected chi connectivity index (χ0v) is 15.5. The van der Waals surface area contributed by atoms with Crippen LogP contribution < -0.4 is 0 Å². The average molecular weight is 359 g/mol. The van der Waals surface area contributed by atoms with Crippen molar-refractivity contribution in [1.29, 1.82) is 0 Å². The lowest BCUT2D eigenvalue weighted by Crippen LogP contribution is -2.50. The van der Waals surface area contributed by atoms with E-state index in [4.69, 9.17) is 4.74 Å². The maximum absolute atomic E-state index is 10.5. The number of likely N-dealkylation sites (tertiary alicyclic amines) is 1. The molecule has 2 aromatic rings. The number of hydrogen-bond donors (Lipinski definition) is 1. The fraction of sp³-hybridized carbons (Fsp3) is 0.550. The molecule has 134 valence electrons. The van der Waals surface area contributed by atoms with Crippen LogP contribution in [0.5, 0.6) is 0 Å². The van der Waals surface area contributed by atoms with Crippen LogP contribution in [0.1, 0.15) is 47.9 Å². The van der Waals surface area contributed by atoms with Crippen molar-refractivity contribution >= 4 is 11.3 Å². The van der Waals surface area contributed by atoms with Crippen molar-refractivity contribution in [3.8, 4) is 0 Å². The maximum atomic E-state index is 10.5. The normalized spacial score (nSPS) is 26.8. The highest BCUT2D eigenvalue weighted by molar-refractivity contribution is 7.09. The van der Waals surface area contributed by atoms with E-state index >= 15 is 0 Å². The lowest BCUT2D eigenvalue weighted by molar-refractivity contribution is -0.184. The summed E-state index contributed by atoms with van der Waals surface area (Å²) in [7, 11) is 0. The molecule has 0 radical (unpaired) electrons. The molecule has 1 spiro atoms. The van der Waals surface area contributed by atoms with Crippen LogP contribution in [0.25, 0.3) is 0 Å². The molecule has 3 heterocycles. The summed E-state index contributed by atoms with van der Waals surface area (Å²) in [4.78, 5) is 8.21. The lowest BCUT2D eigenvalue weighted by Gasteiger charge is -2.48. The van der Waals surface area contributed by atoms with Crippen LogP contribution in [0.15, 0.2) is 35.8 Å². The highest BCUT2D eigenvalue weighted by Gasteiger charge is 2.43. The van der Waals surface area contributed by atoms with Gasteiger partial charge in [-0.1, -0.05) is 30.3 Å². The number of piperidine rings is 1. The molecule has 0 bridgehead atoms. The summed E-state index contributed by atoms with van der Waals surface area (Å²) in [6, 6.07) is 10.3. The molecular formula is C20H26N2O2S. The van der Waals surface area contributed by atoms with Gasteiger partial charge in [0.1, 0.15) is 0 Å². The third kappa shape index (κ3) is 3.80. The van der Waals surface area contributed by atoms with Gasteiger partial charge in [-0.05, 0) is 25.3 Å². The molecule has 1 aromatic carbocycles. The van der Waals surface area contributed by atoms with Crippen LogP contribution in [0.3, 0.4) is 0 Å². The topological polar surface area (TPSA) is 45.6 Å². The molecule has 5 heteroatoms. The first-order chi connectivity index (χ1) is 12.1. The Labute approximate surface area is 153 Å². The Morgan fingerprint density at radius 2 is 2.04 bits per heavy atom. The molecule has 1 N–H and O–H groups in total. The number of aromatic nitrogens is 1. The second-order valence-electron chi connectivity index (χ2n) is 7.43. The smallest absolute Gasteiger partial charge is 0.0857 e. The fourth-order valence-corrected chi connectivity index (χ4v) is 4.97. The second-order valence-corrected chi connectivity index (χ2v) is 8.37. The van der Waals surface area contributed by atoms with E-state index in [-0.39, 0.29) is 17.8 Å². The number of rotatable bonds is 3. The minimum Gasteiger partial charge on any atom is -0.393 e. The fourth-order valence-electron chi connectivity index (χ4n) is 4.15. The van der Waals surface area contributed by atoms with Gasteiger partial charge in [0.15, 0.2) is 0 Å². The van der Waals surface area contributed by atoms with Crippen LogP contribution in [-0.4, -0.2) is 39.8 Å². The highest BCUT2D eigenvalue weighted by atomic mass is 32.1. The quantitative estimate of drug-likeness (QED) is 0.909. The highest BCUT2D eigenvalue weighted by Crippen LogP contribution is 2.43. The Morgan fingerprint density at radius 3 is 2.72 bits per heavy atom. The van der Waals surface area contributed by atoms with Crippen LogP contribution in [0.2, 0.25) is 0 Å². The van der Waals surface area contributed by atoms with Crippen molar-refractivity contribution in [2.45, 2.75) is 57.0 Å². The third-order valence-electron chi connectivity index (χ3n) is 5.64. The van der Waals surface area contributed by atoms with E-state index in [1.165, 1.54) is 10.4 Å². The monoisotopic (exact) mass is 358 g/mol. The molecule has 2 aliphatic rings. The van der Waals surface area contributed by atoms with Gasteiger partial charge < -0.3 is 9.84 Å². The van der Waals surface area contributed by atoms with E-state index in [0.717, 1.165) is 44.6 Å². The number of nitrogens with zero attached hydrogens (tertiary/aromatic N) is 2. The summed E-state index contributed by atoms with van der Waals surface area (Å²) in [6.07, 6.45) is 3.20. The van der Waals surface area contributed by atoms with Gasteiger partial charge >= 0.3 is 0 Å². The molecular weight excluding hydrogens is 332 g/mol. The van der Waals surface area contributed by atoms with Gasteiger partial charge in [0, 0.05) is 37.4 Å². The number of aliphatic hydroxyl groups excluding tert-OH is 1. The molecule has 1 aromatic heterocycles. The number of aryl methyl sites for hydroxylation is 1. The first-order valence-corrected chi connectivity index (χ1v) is 10.0. The van der Waals surface area contributed by atoms with Crippen molar-refractivity contribution in [3.05, 3.63) is 52.0 Å². The first-order valence-electron chi connectivity index (χ1n) is 9.16. The van der Waals surface area contributed by atoms with E-state index < -0.39 is 0 Å². The van der Waals surface area contributed by atoms with Gasteiger partial charge in [0.05, 0.1) is 29.0 Å². The molecule has 4 nitrogen and oxygen atoms in total. The van der Waals surface area contributed by atoms with E-state index in [2.05, 4.69) is 28.9 Å². The van der Waals surface area contributed by atoms with Crippen LogP contribution >= 0.6 is 11.3 Å².